The van der Waals surface area contributed by atoms with Crippen molar-refractivity contribution in [1.82, 2.24) is 20.1 Å². The number of nitrogens with one attached hydrogen (secondary N) is 1. The highest BCUT2D eigenvalue weighted by Crippen LogP contribution is 2.24. The molecule has 1 atom stereocenters. The Morgan fingerprint density at radius 3 is 2.76 bits per heavy atom. The Kier molecular flexibility index (Phi) is 3.37. The first kappa shape index (κ1) is 12.3. The molecule has 1 aromatic heterocycles. The molecule has 1 saturated heterocycles. The minimum absolute atomic E-state index is 0.0964. The number of hydrogen-bond acceptors (Lipinski definition) is 3. The summed E-state index contributed by atoms with van der Waals surface area (Å²) in [4.78, 5) is 0. The first-order valence-corrected chi connectivity index (χ1v) is 5.65. The molecule has 1 N–H and O–H groups in total. The summed E-state index contributed by atoms with van der Waals surface area (Å²) < 4.78 is 38.4. The van der Waals surface area contributed by atoms with Crippen LogP contribution in [0.25, 0.3) is 0 Å². The van der Waals surface area contributed by atoms with E-state index in [0.29, 0.717) is 11.6 Å². The Labute approximate surface area is 97.2 Å². The van der Waals surface area contributed by atoms with Gasteiger partial charge in [0.2, 0.25) is 0 Å². The van der Waals surface area contributed by atoms with Crippen molar-refractivity contribution in [2.24, 2.45) is 0 Å². The molecule has 96 valence electrons. The van der Waals surface area contributed by atoms with Gasteiger partial charge in [0.05, 0.1) is 12.5 Å². The molecule has 0 aliphatic carbocycles. The van der Waals surface area contributed by atoms with Crippen molar-refractivity contribution in [1.29, 1.82) is 0 Å². The molecule has 1 fully saturated rings. The molecule has 0 spiro atoms. The molecule has 1 aliphatic heterocycles. The van der Waals surface area contributed by atoms with Crippen molar-refractivity contribution in [3.63, 3.8) is 0 Å². The lowest BCUT2D eigenvalue weighted by molar-refractivity contribution is -0.134. The Morgan fingerprint density at radius 2 is 2.18 bits per heavy atom. The van der Waals surface area contributed by atoms with Gasteiger partial charge in [-0.15, -0.1) is 10.2 Å². The smallest absolute Gasteiger partial charge is 0.315 e. The third-order valence-corrected chi connectivity index (χ3v) is 2.97. The van der Waals surface area contributed by atoms with Crippen LogP contribution in [0.2, 0.25) is 0 Å². The molecule has 0 saturated carbocycles. The highest BCUT2D eigenvalue weighted by Gasteiger charge is 2.29. The van der Waals surface area contributed by atoms with Crippen LogP contribution in [-0.4, -0.2) is 34.0 Å². The molecule has 0 radical (unpaired) electrons. The predicted octanol–water partition coefficient (Wildman–Crippen LogP) is 1.62. The summed E-state index contributed by atoms with van der Waals surface area (Å²) in [6.07, 6.45) is -4.16. The van der Waals surface area contributed by atoms with Crippen LogP contribution in [0.4, 0.5) is 13.2 Å². The highest BCUT2D eigenvalue weighted by atomic mass is 19.4. The summed E-state index contributed by atoms with van der Waals surface area (Å²) in [5.41, 5.74) is 0. The monoisotopic (exact) mass is 248 g/mol. The van der Waals surface area contributed by atoms with Crippen molar-refractivity contribution in [3.8, 4) is 0 Å². The summed E-state index contributed by atoms with van der Waals surface area (Å²) >= 11 is 0. The number of hydrogen-bond donors (Lipinski definition) is 1. The Morgan fingerprint density at radius 1 is 1.41 bits per heavy atom. The van der Waals surface area contributed by atoms with Crippen molar-refractivity contribution in [2.75, 3.05) is 13.1 Å². The Bertz CT molecular complexity index is 379. The van der Waals surface area contributed by atoms with Gasteiger partial charge in [0.15, 0.2) is 0 Å². The van der Waals surface area contributed by atoms with E-state index in [-0.39, 0.29) is 12.5 Å². The second kappa shape index (κ2) is 4.64. The minimum atomic E-state index is -4.14. The first-order valence-electron chi connectivity index (χ1n) is 5.65. The maximum Gasteiger partial charge on any atom is 0.389 e. The van der Waals surface area contributed by atoms with Gasteiger partial charge in [-0.2, -0.15) is 13.2 Å². The van der Waals surface area contributed by atoms with Crippen LogP contribution in [-0.2, 0) is 6.42 Å². The van der Waals surface area contributed by atoms with Gasteiger partial charge in [-0.25, -0.2) is 0 Å². The van der Waals surface area contributed by atoms with Gasteiger partial charge in [0.25, 0.3) is 0 Å². The molecule has 0 amide bonds. The lowest BCUT2D eigenvalue weighted by atomic mass is 10.2. The average Bonchev–Trinajstić information content (AvgIpc) is 2.82. The molecular formula is C10H15F3N4. The number of rotatable bonds is 3. The molecule has 17 heavy (non-hydrogen) atoms. The molecule has 1 aromatic rings. The fourth-order valence-electron chi connectivity index (χ4n) is 2.17. The van der Waals surface area contributed by atoms with Gasteiger partial charge in [0, 0.05) is 13.0 Å². The van der Waals surface area contributed by atoms with E-state index in [0.717, 1.165) is 19.5 Å². The second-order valence-corrected chi connectivity index (χ2v) is 4.30. The third-order valence-electron chi connectivity index (χ3n) is 2.97. The van der Waals surface area contributed by atoms with Gasteiger partial charge in [0.1, 0.15) is 11.6 Å². The number of aryl methyl sites for hydroxylation is 2. The zero-order valence-electron chi connectivity index (χ0n) is 9.59. The summed E-state index contributed by atoms with van der Waals surface area (Å²) in [5.74, 6) is 1.13. The SMILES string of the molecule is Cc1nnc(CCC(F)(F)F)n1C1CCNC1. The molecule has 2 rings (SSSR count). The summed E-state index contributed by atoms with van der Waals surface area (Å²) in [5, 5.41) is 10.9. The van der Waals surface area contributed by atoms with Gasteiger partial charge in [-0.1, -0.05) is 0 Å². The molecule has 2 heterocycles. The van der Waals surface area contributed by atoms with Crippen molar-refractivity contribution < 1.29 is 13.2 Å². The normalized spacial score (nSPS) is 21.1. The minimum Gasteiger partial charge on any atom is -0.315 e. The quantitative estimate of drug-likeness (QED) is 0.883. The van der Waals surface area contributed by atoms with E-state index < -0.39 is 12.6 Å². The average molecular weight is 248 g/mol. The van der Waals surface area contributed by atoms with Crippen molar-refractivity contribution in [2.45, 2.75) is 38.4 Å². The van der Waals surface area contributed by atoms with Crippen molar-refractivity contribution >= 4 is 0 Å². The highest BCUT2D eigenvalue weighted by molar-refractivity contribution is 4.99. The molecule has 1 aliphatic rings. The lowest BCUT2D eigenvalue weighted by Crippen LogP contribution is -2.18. The molecule has 0 aromatic carbocycles. The lowest BCUT2D eigenvalue weighted by Gasteiger charge is -2.15. The van der Waals surface area contributed by atoms with E-state index in [2.05, 4.69) is 15.5 Å². The number of halogens is 3. The van der Waals surface area contributed by atoms with Crippen LogP contribution in [0, 0.1) is 6.92 Å². The van der Waals surface area contributed by atoms with Crippen LogP contribution in [0.3, 0.4) is 0 Å². The second-order valence-electron chi connectivity index (χ2n) is 4.30. The molecule has 4 nitrogen and oxygen atoms in total. The van der Waals surface area contributed by atoms with E-state index in [1.54, 1.807) is 6.92 Å². The summed E-state index contributed by atoms with van der Waals surface area (Å²) in [6, 6.07) is 0.188. The van der Waals surface area contributed by atoms with E-state index in [9.17, 15) is 13.2 Å². The largest absolute Gasteiger partial charge is 0.389 e. The summed E-state index contributed by atoms with van der Waals surface area (Å²) in [6.45, 7) is 3.45. The van der Waals surface area contributed by atoms with Gasteiger partial charge in [-0.05, 0) is 19.9 Å². The standard InChI is InChI=1S/C10H15F3N4/c1-7-15-16-9(2-4-10(11,12)13)17(7)8-3-5-14-6-8/h8,14H,2-6H2,1H3. The molecule has 7 heteroatoms. The first-order chi connectivity index (χ1) is 7.97. The number of nitrogens with zero attached hydrogens (tertiary/aromatic N) is 3. The number of aromatic nitrogens is 3. The molecule has 1 unspecified atom stereocenters. The predicted molar refractivity (Wildman–Crippen MR) is 55.7 cm³/mol. The van der Waals surface area contributed by atoms with Gasteiger partial charge >= 0.3 is 6.18 Å². The molecular weight excluding hydrogens is 233 g/mol. The maximum absolute atomic E-state index is 12.2. The van der Waals surface area contributed by atoms with E-state index in [1.165, 1.54) is 0 Å². The van der Waals surface area contributed by atoms with Gasteiger partial charge in [-0.3, -0.25) is 0 Å². The van der Waals surface area contributed by atoms with E-state index in [4.69, 9.17) is 0 Å². The van der Waals surface area contributed by atoms with Crippen LogP contribution in [0.1, 0.15) is 30.5 Å². The number of alkyl halides is 3. The van der Waals surface area contributed by atoms with Crippen LogP contribution < -0.4 is 5.32 Å². The maximum atomic E-state index is 12.2. The fraction of sp³-hybridized carbons (Fsp3) is 0.800. The fourth-order valence-corrected chi connectivity index (χ4v) is 2.17. The van der Waals surface area contributed by atoms with Crippen LogP contribution in [0.5, 0.6) is 0 Å². The zero-order valence-corrected chi connectivity index (χ0v) is 9.59. The van der Waals surface area contributed by atoms with E-state index >= 15 is 0 Å². The Hall–Kier alpha value is -1.11. The van der Waals surface area contributed by atoms with Crippen LogP contribution >= 0.6 is 0 Å². The summed E-state index contributed by atoms with van der Waals surface area (Å²) in [7, 11) is 0. The topological polar surface area (TPSA) is 42.7 Å². The zero-order chi connectivity index (χ0) is 12.5. The van der Waals surface area contributed by atoms with Crippen LogP contribution in [0.15, 0.2) is 0 Å². The van der Waals surface area contributed by atoms with Gasteiger partial charge < -0.3 is 9.88 Å². The van der Waals surface area contributed by atoms with Crippen molar-refractivity contribution in [3.05, 3.63) is 11.6 Å². The molecule has 0 bridgehead atoms. The third kappa shape index (κ3) is 2.96. The Balaban J connectivity index is 2.11. The van der Waals surface area contributed by atoms with E-state index in [1.807, 2.05) is 4.57 Å².